The number of nitrogens with zero attached hydrogens (tertiary/aromatic N) is 2. The van der Waals surface area contributed by atoms with Crippen LogP contribution in [0.3, 0.4) is 0 Å². The predicted octanol–water partition coefficient (Wildman–Crippen LogP) is 0.467. The number of β-amino-alcohol motifs (C(OH)–C–C–N with tert-alkyl or cyclic N) is 1. The third-order valence-corrected chi connectivity index (χ3v) is 3.34. The van der Waals surface area contributed by atoms with Crippen LogP contribution in [0.4, 0.5) is 4.79 Å². The summed E-state index contributed by atoms with van der Waals surface area (Å²) >= 11 is 0. The van der Waals surface area contributed by atoms with Gasteiger partial charge in [0, 0.05) is 7.05 Å². The fourth-order valence-electron chi connectivity index (χ4n) is 2.19. The van der Waals surface area contributed by atoms with Crippen LogP contribution in [0.5, 0.6) is 5.75 Å². The first-order valence-corrected chi connectivity index (χ1v) is 6.95. The number of amides is 3. The number of benzene rings is 1. The number of likely N-dealkylation sites (N-methyl/N-ethyl adjacent to an activating group) is 1. The summed E-state index contributed by atoms with van der Waals surface area (Å²) in [5, 5.41) is 9.90. The van der Waals surface area contributed by atoms with Crippen LogP contribution in [0.1, 0.15) is 5.56 Å². The van der Waals surface area contributed by atoms with Crippen LogP contribution in [0.2, 0.25) is 0 Å². The molecular weight excluding hydrogens is 288 g/mol. The van der Waals surface area contributed by atoms with Crippen molar-refractivity contribution in [1.29, 1.82) is 0 Å². The molecule has 2 rings (SSSR count). The Hall–Kier alpha value is -2.12. The number of imide groups is 1. The molecule has 0 bridgehead atoms. The van der Waals surface area contributed by atoms with Gasteiger partial charge in [-0.1, -0.05) is 12.1 Å². The molecule has 3 amide bonds. The van der Waals surface area contributed by atoms with Gasteiger partial charge < -0.3 is 19.5 Å². The Kier molecular flexibility index (Phi) is 5.35. The van der Waals surface area contributed by atoms with Crippen molar-refractivity contribution in [3.63, 3.8) is 0 Å². The summed E-state index contributed by atoms with van der Waals surface area (Å²) in [6.45, 7) is 0.352. The molecule has 1 N–H and O–H groups in total. The predicted molar refractivity (Wildman–Crippen MR) is 78.4 cm³/mol. The van der Waals surface area contributed by atoms with Gasteiger partial charge in [-0.25, -0.2) is 4.79 Å². The van der Waals surface area contributed by atoms with E-state index in [-0.39, 0.29) is 25.6 Å². The van der Waals surface area contributed by atoms with Crippen molar-refractivity contribution < 1.29 is 24.2 Å². The number of aliphatic hydroxyl groups excluding tert-OH is 1. The molecule has 1 aliphatic rings. The standard InChI is InChI=1S/C15H20N2O5/c1-16-8-14(19)17(15(16)20)7-12(18)10-22-9-11-4-3-5-13(6-11)21-2/h3-6,12,18H,7-10H2,1-2H3. The van der Waals surface area contributed by atoms with E-state index in [0.29, 0.717) is 6.61 Å². The lowest BCUT2D eigenvalue weighted by molar-refractivity contribution is -0.126. The van der Waals surface area contributed by atoms with E-state index >= 15 is 0 Å². The molecule has 0 spiro atoms. The molecule has 1 heterocycles. The van der Waals surface area contributed by atoms with Crippen LogP contribution in [0, 0.1) is 0 Å². The molecular formula is C15H20N2O5. The van der Waals surface area contributed by atoms with E-state index in [1.807, 2.05) is 24.3 Å². The zero-order chi connectivity index (χ0) is 16.1. The second-order valence-corrected chi connectivity index (χ2v) is 5.16. The number of aliphatic hydroxyl groups is 1. The number of rotatable bonds is 7. The molecule has 1 saturated heterocycles. The van der Waals surface area contributed by atoms with Crippen molar-refractivity contribution in [3.8, 4) is 5.75 Å². The average Bonchev–Trinajstić information content (AvgIpc) is 2.74. The highest BCUT2D eigenvalue weighted by molar-refractivity contribution is 6.01. The fraction of sp³-hybridized carbons (Fsp3) is 0.467. The molecule has 1 atom stereocenters. The number of carbonyl (C=O) groups is 2. The topological polar surface area (TPSA) is 79.3 Å². The highest BCUT2D eigenvalue weighted by Gasteiger charge is 2.34. The van der Waals surface area contributed by atoms with E-state index in [4.69, 9.17) is 9.47 Å². The average molecular weight is 308 g/mol. The van der Waals surface area contributed by atoms with E-state index < -0.39 is 12.1 Å². The van der Waals surface area contributed by atoms with Crippen molar-refractivity contribution in [2.24, 2.45) is 0 Å². The number of methoxy groups -OCH3 is 1. The minimum atomic E-state index is -0.912. The number of urea groups is 1. The lowest BCUT2D eigenvalue weighted by Crippen LogP contribution is -2.39. The van der Waals surface area contributed by atoms with Gasteiger partial charge in [-0.05, 0) is 17.7 Å². The Morgan fingerprint density at radius 2 is 2.14 bits per heavy atom. The molecule has 0 saturated carbocycles. The molecule has 0 aliphatic carbocycles. The van der Waals surface area contributed by atoms with Gasteiger partial charge in [-0.15, -0.1) is 0 Å². The van der Waals surface area contributed by atoms with Gasteiger partial charge in [0.25, 0.3) is 0 Å². The Balaban J connectivity index is 1.77. The molecule has 1 aromatic carbocycles. The van der Waals surface area contributed by atoms with E-state index in [9.17, 15) is 14.7 Å². The van der Waals surface area contributed by atoms with Gasteiger partial charge in [0.2, 0.25) is 5.91 Å². The zero-order valence-corrected chi connectivity index (χ0v) is 12.7. The monoisotopic (exact) mass is 308 g/mol. The molecule has 0 radical (unpaired) electrons. The Morgan fingerprint density at radius 1 is 1.36 bits per heavy atom. The maximum Gasteiger partial charge on any atom is 0.327 e. The maximum absolute atomic E-state index is 11.7. The van der Waals surface area contributed by atoms with Gasteiger partial charge in [-0.3, -0.25) is 9.69 Å². The van der Waals surface area contributed by atoms with Crippen LogP contribution in [0.15, 0.2) is 24.3 Å². The van der Waals surface area contributed by atoms with Crippen LogP contribution in [0.25, 0.3) is 0 Å². The highest BCUT2D eigenvalue weighted by atomic mass is 16.5. The Morgan fingerprint density at radius 3 is 2.77 bits per heavy atom. The van der Waals surface area contributed by atoms with Gasteiger partial charge in [0.15, 0.2) is 0 Å². The normalized spacial score (nSPS) is 16.3. The fourth-order valence-corrected chi connectivity index (χ4v) is 2.19. The largest absolute Gasteiger partial charge is 0.497 e. The second kappa shape index (κ2) is 7.24. The van der Waals surface area contributed by atoms with E-state index in [0.717, 1.165) is 16.2 Å². The first-order valence-electron chi connectivity index (χ1n) is 6.95. The van der Waals surface area contributed by atoms with E-state index in [1.165, 1.54) is 4.90 Å². The second-order valence-electron chi connectivity index (χ2n) is 5.16. The lowest BCUT2D eigenvalue weighted by atomic mass is 10.2. The number of hydrogen-bond donors (Lipinski definition) is 1. The Labute approximate surface area is 129 Å². The van der Waals surface area contributed by atoms with Crippen molar-refractivity contribution in [1.82, 2.24) is 9.80 Å². The molecule has 22 heavy (non-hydrogen) atoms. The molecule has 120 valence electrons. The van der Waals surface area contributed by atoms with Crippen molar-refractivity contribution in [2.75, 3.05) is 33.9 Å². The molecule has 7 heteroatoms. The highest BCUT2D eigenvalue weighted by Crippen LogP contribution is 2.13. The quantitative estimate of drug-likeness (QED) is 0.741. The minimum absolute atomic E-state index is 0.0397. The molecule has 1 aliphatic heterocycles. The third-order valence-electron chi connectivity index (χ3n) is 3.34. The van der Waals surface area contributed by atoms with Gasteiger partial charge in [-0.2, -0.15) is 0 Å². The smallest absolute Gasteiger partial charge is 0.327 e. The molecule has 1 aromatic rings. The van der Waals surface area contributed by atoms with Crippen molar-refractivity contribution in [3.05, 3.63) is 29.8 Å². The van der Waals surface area contributed by atoms with Crippen molar-refractivity contribution >= 4 is 11.9 Å². The number of carbonyl (C=O) groups excluding carboxylic acids is 2. The van der Waals surface area contributed by atoms with Crippen LogP contribution >= 0.6 is 0 Å². The summed E-state index contributed by atoms with van der Waals surface area (Å²) in [7, 11) is 3.14. The summed E-state index contributed by atoms with van der Waals surface area (Å²) in [6.07, 6.45) is -0.912. The van der Waals surface area contributed by atoms with Crippen LogP contribution < -0.4 is 4.74 Å². The zero-order valence-electron chi connectivity index (χ0n) is 12.7. The lowest BCUT2D eigenvalue weighted by Gasteiger charge is -2.18. The van der Waals surface area contributed by atoms with E-state index in [2.05, 4.69) is 0 Å². The van der Waals surface area contributed by atoms with Gasteiger partial charge >= 0.3 is 6.03 Å². The molecule has 1 unspecified atom stereocenters. The SMILES string of the molecule is COc1cccc(COCC(O)CN2C(=O)CN(C)C2=O)c1. The van der Waals surface area contributed by atoms with Crippen molar-refractivity contribution in [2.45, 2.75) is 12.7 Å². The third kappa shape index (κ3) is 3.96. The molecule has 0 aromatic heterocycles. The Bertz CT molecular complexity index is 548. The summed E-state index contributed by atoms with van der Waals surface area (Å²) in [6, 6.07) is 7.02. The summed E-state index contributed by atoms with van der Waals surface area (Å²) in [5.41, 5.74) is 0.916. The summed E-state index contributed by atoms with van der Waals surface area (Å²) < 4.78 is 10.5. The summed E-state index contributed by atoms with van der Waals surface area (Å²) in [4.78, 5) is 25.6. The van der Waals surface area contributed by atoms with Gasteiger partial charge in [0.05, 0.1) is 33.0 Å². The first kappa shape index (κ1) is 16.3. The first-order chi connectivity index (χ1) is 10.5. The molecule has 1 fully saturated rings. The van der Waals surface area contributed by atoms with E-state index in [1.54, 1.807) is 14.2 Å². The van der Waals surface area contributed by atoms with Gasteiger partial charge in [0.1, 0.15) is 12.3 Å². The maximum atomic E-state index is 11.7. The molecule has 7 nitrogen and oxygen atoms in total. The number of hydrogen-bond acceptors (Lipinski definition) is 5. The van der Waals surface area contributed by atoms with Crippen LogP contribution in [-0.4, -0.2) is 66.8 Å². The number of ether oxygens (including phenoxy) is 2. The summed E-state index contributed by atoms with van der Waals surface area (Å²) in [5.74, 6) is 0.428. The van der Waals surface area contributed by atoms with Crippen LogP contribution in [-0.2, 0) is 16.1 Å². The minimum Gasteiger partial charge on any atom is -0.497 e.